The molecule has 2 amide bonds. The van der Waals surface area contributed by atoms with E-state index in [1.165, 1.54) is 18.3 Å². The number of thiazole rings is 1. The summed E-state index contributed by atoms with van der Waals surface area (Å²) in [5.41, 5.74) is 1.28. The highest BCUT2D eigenvalue weighted by Crippen LogP contribution is 2.18. The molecule has 0 atom stereocenters. The van der Waals surface area contributed by atoms with Crippen LogP contribution in [0.2, 0.25) is 0 Å². The van der Waals surface area contributed by atoms with Crippen molar-refractivity contribution in [3.8, 4) is 5.75 Å². The van der Waals surface area contributed by atoms with Gasteiger partial charge < -0.3 is 15.4 Å². The molecule has 0 fully saturated rings. The number of rotatable bonds is 5. The number of nitrogens with one attached hydrogen (secondary N) is 2. The van der Waals surface area contributed by atoms with E-state index in [-0.39, 0.29) is 18.2 Å². The summed E-state index contributed by atoms with van der Waals surface area (Å²) in [7, 11) is 1.57. The van der Waals surface area contributed by atoms with E-state index in [9.17, 15) is 9.59 Å². The number of hydrogen-bond donors (Lipinski definition) is 2. The molecule has 21 heavy (non-hydrogen) atoms. The van der Waals surface area contributed by atoms with Crippen LogP contribution in [0.15, 0.2) is 29.6 Å². The van der Waals surface area contributed by atoms with E-state index in [1.54, 1.807) is 36.8 Å². The number of nitrogens with zero attached hydrogens (tertiary/aromatic N) is 1. The molecule has 0 saturated carbocycles. The molecule has 110 valence electrons. The Morgan fingerprint density at radius 1 is 1.33 bits per heavy atom. The van der Waals surface area contributed by atoms with Gasteiger partial charge in [0.05, 0.1) is 19.2 Å². The molecule has 1 aromatic heterocycles. The van der Waals surface area contributed by atoms with Crippen LogP contribution in [0.4, 0.5) is 10.8 Å². The Labute approximate surface area is 126 Å². The number of amides is 2. The van der Waals surface area contributed by atoms with Gasteiger partial charge in [0.25, 0.3) is 0 Å². The molecule has 0 spiro atoms. The molecule has 2 N–H and O–H groups in total. The first-order valence-corrected chi connectivity index (χ1v) is 7.10. The Hall–Kier alpha value is -2.41. The van der Waals surface area contributed by atoms with Crippen LogP contribution >= 0.6 is 11.3 Å². The van der Waals surface area contributed by atoms with E-state index in [0.29, 0.717) is 22.3 Å². The second-order valence-electron chi connectivity index (χ2n) is 4.28. The fraction of sp³-hybridized carbons (Fsp3) is 0.214. The molecule has 0 aliphatic carbocycles. The number of carbonyl (C=O) groups is 2. The van der Waals surface area contributed by atoms with E-state index in [0.717, 1.165) is 0 Å². The maximum absolute atomic E-state index is 11.9. The average Bonchev–Trinajstić information content (AvgIpc) is 2.85. The number of benzene rings is 1. The molecule has 2 aromatic rings. The van der Waals surface area contributed by atoms with Gasteiger partial charge in [-0.3, -0.25) is 9.59 Å². The van der Waals surface area contributed by atoms with Crippen molar-refractivity contribution in [1.29, 1.82) is 0 Å². The highest BCUT2D eigenvalue weighted by molar-refractivity contribution is 7.13. The van der Waals surface area contributed by atoms with Gasteiger partial charge in [-0.25, -0.2) is 4.98 Å². The first-order chi connectivity index (χ1) is 10.1. The van der Waals surface area contributed by atoms with Crippen LogP contribution in [0.25, 0.3) is 0 Å². The molecule has 2 rings (SSSR count). The maximum Gasteiger partial charge on any atom is 0.230 e. The zero-order chi connectivity index (χ0) is 15.2. The number of methoxy groups -OCH3 is 1. The molecule has 1 heterocycles. The Balaban J connectivity index is 1.94. The number of aromatic nitrogens is 1. The third-order valence-electron chi connectivity index (χ3n) is 2.53. The van der Waals surface area contributed by atoms with Gasteiger partial charge in [-0.15, -0.1) is 11.3 Å². The normalized spacial score (nSPS) is 10.0. The van der Waals surface area contributed by atoms with Gasteiger partial charge in [-0.1, -0.05) is 6.07 Å². The Morgan fingerprint density at radius 2 is 2.14 bits per heavy atom. The Morgan fingerprint density at radius 3 is 2.86 bits per heavy atom. The fourth-order valence-electron chi connectivity index (χ4n) is 1.67. The highest BCUT2D eigenvalue weighted by atomic mass is 32.1. The molecule has 6 nitrogen and oxygen atoms in total. The van der Waals surface area contributed by atoms with Crippen molar-refractivity contribution in [1.82, 2.24) is 4.98 Å². The summed E-state index contributed by atoms with van der Waals surface area (Å²) in [6.45, 7) is 1.41. The monoisotopic (exact) mass is 305 g/mol. The van der Waals surface area contributed by atoms with E-state index in [1.807, 2.05) is 0 Å². The molecule has 7 heteroatoms. The van der Waals surface area contributed by atoms with Crippen molar-refractivity contribution in [3.05, 3.63) is 35.3 Å². The summed E-state index contributed by atoms with van der Waals surface area (Å²) in [4.78, 5) is 27.0. The topological polar surface area (TPSA) is 80.3 Å². The van der Waals surface area contributed by atoms with E-state index < -0.39 is 0 Å². The average molecular weight is 305 g/mol. The minimum atomic E-state index is -0.184. The first kappa shape index (κ1) is 15.0. The predicted molar refractivity (Wildman–Crippen MR) is 81.7 cm³/mol. The fourth-order valence-corrected chi connectivity index (χ4v) is 2.42. The lowest BCUT2D eigenvalue weighted by Gasteiger charge is -2.06. The molecular weight excluding hydrogens is 290 g/mol. The van der Waals surface area contributed by atoms with Crippen LogP contribution in [-0.4, -0.2) is 23.9 Å². The third-order valence-corrected chi connectivity index (χ3v) is 3.34. The molecule has 0 unspecified atom stereocenters. The second kappa shape index (κ2) is 6.85. The molecule has 0 radical (unpaired) electrons. The van der Waals surface area contributed by atoms with Gasteiger partial charge in [0.2, 0.25) is 11.8 Å². The SMILES string of the molecule is COc1cccc(NC(=O)Cc2csc(NC(C)=O)n2)c1. The van der Waals surface area contributed by atoms with Crippen LogP contribution in [0.3, 0.4) is 0 Å². The molecule has 1 aromatic carbocycles. The van der Waals surface area contributed by atoms with Crippen LogP contribution < -0.4 is 15.4 Å². The van der Waals surface area contributed by atoms with Crippen molar-refractivity contribution in [3.63, 3.8) is 0 Å². The predicted octanol–water partition coefficient (Wildman–Crippen LogP) is 2.29. The Bertz CT molecular complexity index is 654. The van der Waals surface area contributed by atoms with Crippen molar-refractivity contribution in [2.75, 3.05) is 17.7 Å². The van der Waals surface area contributed by atoms with Crippen LogP contribution in [0.5, 0.6) is 5.75 Å². The van der Waals surface area contributed by atoms with Gasteiger partial charge in [-0.05, 0) is 12.1 Å². The lowest BCUT2D eigenvalue weighted by atomic mass is 10.2. The number of carbonyl (C=O) groups excluding carboxylic acids is 2. The zero-order valence-electron chi connectivity index (χ0n) is 11.7. The summed E-state index contributed by atoms with van der Waals surface area (Å²) in [6.07, 6.45) is 0.146. The van der Waals surface area contributed by atoms with E-state index >= 15 is 0 Å². The quantitative estimate of drug-likeness (QED) is 0.888. The van der Waals surface area contributed by atoms with E-state index in [4.69, 9.17) is 4.74 Å². The van der Waals surface area contributed by atoms with Gasteiger partial charge in [-0.2, -0.15) is 0 Å². The third kappa shape index (κ3) is 4.57. The summed E-state index contributed by atoms with van der Waals surface area (Å²) in [5, 5.41) is 7.60. The van der Waals surface area contributed by atoms with Gasteiger partial charge >= 0.3 is 0 Å². The largest absolute Gasteiger partial charge is 0.497 e. The van der Waals surface area contributed by atoms with Gasteiger partial charge in [0.1, 0.15) is 5.75 Å². The van der Waals surface area contributed by atoms with Crippen molar-refractivity contribution in [2.45, 2.75) is 13.3 Å². The molecule has 0 aliphatic rings. The molecule has 0 aliphatic heterocycles. The highest BCUT2D eigenvalue weighted by Gasteiger charge is 2.09. The molecule has 0 saturated heterocycles. The standard InChI is InChI=1S/C14H15N3O3S/c1-9(18)15-14-17-11(8-21-14)7-13(19)16-10-4-3-5-12(6-10)20-2/h3-6,8H,7H2,1-2H3,(H,16,19)(H,15,17,18). The summed E-state index contributed by atoms with van der Waals surface area (Å²) in [6, 6.07) is 7.12. The van der Waals surface area contributed by atoms with Gasteiger partial charge in [0, 0.05) is 24.1 Å². The summed E-state index contributed by atoms with van der Waals surface area (Å²) < 4.78 is 5.09. The Kier molecular flexibility index (Phi) is 4.89. The van der Waals surface area contributed by atoms with Crippen molar-refractivity contribution >= 4 is 34.0 Å². The minimum absolute atomic E-state index is 0.146. The van der Waals surface area contributed by atoms with Crippen LogP contribution in [-0.2, 0) is 16.0 Å². The van der Waals surface area contributed by atoms with Crippen LogP contribution in [0.1, 0.15) is 12.6 Å². The minimum Gasteiger partial charge on any atom is -0.497 e. The first-order valence-electron chi connectivity index (χ1n) is 6.22. The second-order valence-corrected chi connectivity index (χ2v) is 5.14. The van der Waals surface area contributed by atoms with Crippen molar-refractivity contribution in [2.24, 2.45) is 0 Å². The smallest absolute Gasteiger partial charge is 0.230 e. The number of anilines is 2. The lowest BCUT2D eigenvalue weighted by molar-refractivity contribution is -0.116. The van der Waals surface area contributed by atoms with Crippen LogP contribution in [0, 0.1) is 0 Å². The van der Waals surface area contributed by atoms with E-state index in [2.05, 4.69) is 15.6 Å². The summed E-state index contributed by atoms with van der Waals surface area (Å²) in [5.74, 6) is 0.314. The number of hydrogen-bond acceptors (Lipinski definition) is 5. The summed E-state index contributed by atoms with van der Waals surface area (Å²) >= 11 is 1.29. The molecular formula is C14H15N3O3S. The molecule has 0 bridgehead atoms. The maximum atomic E-state index is 11.9. The van der Waals surface area contributed by atoms with Crippen molar-refractivity contribution < 1.29 is 14.3 Å². The lowest BCUT2D eigenvalue weighted by Crippen LogP contribution is -2.14. The zero-order valence-corrected chi connectivity index (χ0v) is 12.5. The van der Waals surface area contributed by atoms with Gasteiger partial charge in [0.15, 0.2) is 5.13 Å². The number of ether oxygens (including phenoxy) is 1.